The summed E-state index contributed by atoms with van der Waals surface area (Å²) in [6, 6.07) is 7.83. The molecule has 1 saturated heterocycles. The van der Waals surface area contributed by atoms with Crippen LogP contribution in [0.25, 0.3) is 0 Å². The number of amides is 1. The molecule has 0 aromatic heterocycles. The van der Waals surface area contributed by atoms with Gasteiger partial charge >= 0.3 is 0 Å². The van der Waals surface area contributed by atoms with E-state index < -0.39 is 5.72 Å². The molecule has 1 amide bonds. The number of carbonyl (C=O) groups is 1. The molecule has 1 aromatic carbocycles. The third-order valence-electron chi connectivity index (χ3n) is 3.38. The van der Waals surface area contributed by atoms with Crippen LogP contribution in [0.4, 0.5) is 5.69 Å². The van der Waals surface area contributed by atoms with Crippen molar-refractivity contribution in [2.45, 2.75) is 12.6 Å². The van der Waals surface area contributed by atoms with Crippen LogP contribution in [0.5, 0.6) is 0 Å². The van der Waals surface area contributed by atoms with Gasteiger partial charge in [-0.3, -0.25) is 9.69 Å². The fourth-order valence-electron chi connectivity index (χ4n) is 2.50. The van der Waals surface area contributed by atoms with Crippen molar-refractivity contribution in [3.8, 4) is 0 Å². The average molecular weight is 218 g/mol. The molecule has 0 bridgehead atoms. The lowest BCUT2D eigenvalue weighted by atomic mass is 10.0. The summed E-state index contributed by atoms with van der Waals surface area (Å²) in [5, 5.41) is 2.92. The van der Waals surface area contributed by atoms with E-state index in [1.807, 2.05) is 31.2 Å². The van der Waals surface area contributed by atoms with Crippen LogP contribution in [-0.4, -0.2) is 30.5 Å². The zero-order valence-corrected chi connectivity index (χ0v) is 9.19. The van der Waals surface area contributed by atoms with Crippen molar-refractivity contribution in [3.05, 3.63) is 29.8 Å². The standard InChI is InChI=1S/C12H14N2O2/c1-12-9-4-2-3-5-10(9)13-11(15)8-14(12)6-7-16-12/h2-5H,6-8H2,1H3,(H,13,15). The van der Waals surface area contributed by atoms with Crippen LogP contribution >= 0.6 is 0 Å². The molecule has 1 aromatic rings. The normalized spacial score (nSPS) is 29.2. The van der Waals surface area contributed by atoms with E-state index in [1.165, 1.54) is 0 Å². The first-order valence-electron chi connectivity index (χ1n) is 5.48. The summed E-state index contributed by atoms with van der Waals surface area (Å²) in [6.45, 7) is 3.90. The van der Waals surface area contributed by atoms with E-state index in [0.717, 1.165) is 17.8 Å². The lowest BCUT2D eigenvalue weighted by Crippen LogP contribution is -2.41. The minimum Gasteiger partial charge on any atom is -0.355 e. The Balaban J connectivity index is 2.17. The zero-order chi connectivity index (χ0) is 11.2. The van der Waals surface area contributed by atoms with Gasteiger partial charge in [-0.1, -0.05) is 18.2 Å². The lowest BCUT2D eigenvalue weighted by Gasteiger charge is -2.32. The molecule has 84 valence electrons. The van der Waals surface area contributed by atoms with E-state index in [4.69, 9.17) is 4.74 Å². The summed E-state index contributed by atoms with van der Waals surface area (Å²) in [5.74, 6) is 0.0293. The Morgan fingerprint density at radius 3 is 3.12 bits per heavy atom. The molecule has 4 nitrogen and oxygen atoms in total. The van der Waals surface area contributed by atoms with Crippen LogP contribution in [0.2, 0.25) is 0 Å². The molecule has 1 unspecified atom stereocenters. The summed E-state index contributed by atoms with van der Waals surface area (Å²) < 4.78 is 5.83. The average Bonchev–Trinajstić information content (AvgIpc) is 2.57. The Kier molecular flexibility index (Phi) is 2.02. The number of nitrogens with zero attached hydrogens (tertiary/aromatic N) is 1. The van der Waals surface area contributed by atoms with Crippen LogP contribution in [0, 0.1) is 0 Å². The molecule has 16 heavy (non-hydrogen) atoms. The number of hydrogen-bond donors (Lipinski definition) is 1. The van der Waals surface area contributed by atoms with Gasteiger partial charge in [-0.25, -0.2) is 0 Å². The molecule has 2 aliphatic heterocycles. The zero-order valence-electron chi connectivity index (χ0n) is 9.19. The van der Waals surface area contributed by atoms with Crippen molar-refractivity contribution in [2.75, 3.05) is 25.0 Å². The smallest absolute Gasteiger partial charge is 0.238 e. The Morgan fingerprint density at radius 1 is 1.44 bits per heavy atom. The Labute approximate surface area is 94.2 Å². The Bertz CT molecular complexity index is 446. The predicted octanol–water partition coefficient (Wildman–Crippen LogP) is 1.14. The summed E-state index contributed by atoms with van der Waals surface area (Å²) >= 11 is 0. The predicted molar refractivity (Wildman–Crippen MR) is 59.9 cm³/mol. The van der Waals surface area contributed by atoms with Gasteiger partial charge in [0.1, 0.15) is 5.72 Å². The highest BCUT2D eigenvalue weighted by Crippen LogP contribution is 2.39. The van der Waals surface area contributed by atoms with Crippen LogP contribution < -0.4 is 5.32 Å². The lowest BCUT2D eigenvalue weighted by molar-refractivity contribution is -0.122. The largest absolute Gasteiger partial charge is 0.355 e. The second kappa shape index (κ2) is 3.30. The first-order valence-corrected chi connectivity index (χ1v) is 5.48. The molecule has 4 heteroatoms. The molecule has 0 radical (unpaired) electrons. The first kappa shape index (κ1) is 9.81. The van der Waals surface area contributed by atoms with Gasteiger partial charge in [-0.15, -0.1) is 0 Å². The van der Waals surface area contributed by atoms with Gasteiger partial charge in [-0.05, 0) is 13.0 Å². The van der Waals surface area contributed by atoms with Gasteiger partial charge in [0.25, 0.3) is 0 Å². The highest BCUT2D eigenvalue weighted by atomic mass is 16.5. The molecule has 0 saturated carbocycles. The third kappa shape index (κ3) is 1.27. The van der Waals surface area contributed by atoms with Crippen LogP contribution in [0.15, 0.2) is 24.3 Å². The van der Waals surface area contributed by atoms with Crippen molar-refractivity contribution in [1.82, 2.24) is 4.90 Å². The summed E-state index contributed by atoms with van der Waals surface area (Å²) in [4.78, 5) is 13.8. The van der Waals surface area contributed by atoms with Crippen LogP contribution in [-0.2, 0) is 15.3 Å². The summed E-state index contributed by atoms with van der Waals surface area (Å²) in [5.41, 5.74) is 1.44. The fraction of sp³-hybridized carbons (Fsp3) is 0.417. The maximum absolute atomic E-state index is 11.7. The number of ether oxygens (including phenoxy) is 1. The van der Waals surface area contributed by atoms with E-state index >= 15 is 0 Å². The van der Waals surface area contributed by atoms with Crippen molar-refractivity contribution in [3.63, 3.8) is 0 Å². The van der Waals surface area contributed by atoms with Crippen molar-refractivity contribution in [2.24, 2.45) is 0 Å². The van der Waals surface area contributed by atoms with Crippen molar-refractivity contribution in [1.29, 1.82) is 0 Å². The number of nitrogens with one attached hydrogen (secondary N) is 1. The van der Waals surface area contributed by atoms with Gasteiger partial charge in [0.15, 0.2) is 0 Å². The number of para-hydroxylation sites is 1. The van der Waals surface area contributed by atoms with E-state index in [0.29, 0.717) is 13.2 Å². The van der Waals surface area contributed by atoms with E-state index in [9.17, 15) is 4.79 Å². The number of fused-ring (bicyclic) bond motifs is 3. The SMILES string of the molecule is CC12OCCN1CC(=O)Nc1ccccc12. The van der Waals surface area contributed by atoms with Crippen LogP contribution in [0.3, 0.4) is 0 Å². The number of hydrogen-bond acceptors (Lipinski definition) is 3. The highest BCUT2D eigenvalue weighted by molar-refractivity contribution is 5.94. The van der Waals surface area contributed by atoms with Gasteiger partial charge < -0.3 is 10.1 Å². The minimum atomic E-state index is -0.463. The number of anilines is 1. The monoisotopic (exact) mass is 218 g/mol. The van der Waals surface area contributed by atoms with Gasteiger partial charge in [0, 0.05) is 17.8 Å². The molecule has 1 atom stereocenters. The van der Waals surface area contributed by atoms with Crippen LogP contribution in [0.1, 0.15) is 12.5 Å². The maximum Gasteiger partial charge on any atom is 0.238 e. The molecule has 2 heterocycles. The summed E-state index contributed by atoms with van der Waals surface area (Å²) in [6.07, 6.45) is 0. The molecule has 2 aliphatic rings. The molecular weight excluding hydrogens is 204 g/mol. The fourth-order valence-corrected chi connectivity index (χ4v) is 2.50. The minimum absolute atomic E-state index is 0.0293. The van der Waals surface area contributed by atoms with E-state index in [1.54, 1.807) is 0 Å². The molecule has 3 rings (SSSR count). The van der Waals surface area contributed by atoms with E-state index in [2.05, 4.69) is 10.2 Å². The number of benzene rings is 1. The topological polar surface area (TPSA) is 41.6 Å². The molecule has 1 fully saturated rings. The van der Waals surface area contributed by atoms with E-state index in [-0.39, 0.29) is 5.91 Å². The third-order valence-corrected chi connectivity index (χ3v) is 3.38. The van der Waals surface area contributed by atoms with Crippen molar-refractivity contribution >= 4 is 11.6 Å². The Morgan fingerprint density at radius 2 is 2.25 bits per heavy atom. The van der Waals surface area contributed by atoms with Crippen molar-refractivity contribution < 1.29 is 9.53 Å². The first-order chi connectivity index (χ1) is 7.70. The molecule has 1 N–H and O–H groups in total. The van der Waals surface area contributed by atoms with Gasteiger partial charge in [0.2, 0.25) is 5.91 Å². The highest BCUT2D eigenvalue weighted by Gasteiger charge is 2.43. The van der Waals surface area contributed by atoms with Gasteiger partial charge in [-0.2, -0.15) is 0 Å². The number of rotatable bonds is 0. The Hall–Kier alpha value is -1.39. The maximum atomic E-state index is 11.7. The second-order valence-electron chi connectivity index (χ2n) is 4.35. The summed E-state index contributed by atoms with van der Waals surface area (Å²) in [7, 11) is 0. The van der Waals surface area contributed by atoms with Gasteiger partial charge in [0.05, 0.1) is 13.2 Å². The molecule has 0 aliphatic carbocycles. The number of carbonyl (C=O) groups excluding carboxylic acids is 1. The second-order valence-corrected chi connectivity index (χ2v) is 4.35. The molecular formula is C12H14N2O2. The molecule has 0 spiro atoms. The quantitative estimate of drug-likeness (QED) is 0.710.